The van der Waals surface area contributed by atoms with Gasteiger partial charge in [-0.2, -0.15) is 0 Å². The minimum atomic E-state index is 0.484. The van der Waals surface area contributed by atoms with E-state index in [4.69, 9.17) is 4.74 Å². The van der Waals surface area contributed by atoms with Gasteiger partial charge in [-0.3, -0.25) is 0 Å². The molecule has 0 aromatic carbocycles. The Balaban J connectivity index is 1.75. The van der Waals surface area contributed by atoms with Crippen LogP contribution >= 0.6 is 0 Å². The van der Waals surface area contributed by atoms with E-state index in [-0.39, 0.29) is 0 Å². The Kier molecular flexibility index (Phi) is 3.96. The molecule has 2 rings (SSSR count). The van der Waals surface area contributed by atoms with Gasteiger partial charge < -0.3 is 14.6 Å². The molecule has 1 aromatic rings. The molecule has 0 atom stereocenters. The third-order valence-corrected chi connectivity index (χ3v) is 2.75. The molecule has 1 saturated carbocycles. The van der Waals surface area contributed by atoms with Crippen molar-refractivity contribution in [2.24, 2.45) is 5.92 Å². The van der Waals surface area contributed by atoms with Gasteiger partial charge in [0.25, 0.3) is 0 Å². The van der Waals surface area contributed by atoms with Gasteiger partial charge in [-0.25, -0.2) is 4.98 Å². The fourth-order valence-corrected chi connectivity index (χ4v) is 1.52. The zero-order chi connectivity index (χ0) is 11.4. The molecule has 0 saturated heterocycles. The van der Waals surface area contributed by atoms with Crippen molar-refractivity contribution < 1.29 is 4.74 Å². The maximum Gasteiger partial charge on any atom is 0.124 e. The number of nitrogens with one attached hydrogen (secondary N) is 1. The van der Waals surface area contributed by atoms with Gasteiger partial charge in [0, 0.05) is 18.4 Å². The molecule has 1 aliphatic carbocycles. The number of aromatic nitrogens is 2. The average Bonchev–Trinajstić information content (AvgIpc) is 2.95. The smallest absolute Gasteiger partial charge is 0.124 e. The van der Waals surface area contributed by atoms with Crippen molar-refractivity contribution in [1.82, 2.24) is 14.9 Å². The standard InChI is InChI=1S/C12H21N3O/c1-10(2)14-7-12-13-5-6-15(12)9-16-8-11-3-4-11/h5-6,10-11,14H,3-4,7-9H2,1-2H3. The number of hydrogen-bond acceptors (Lipinski definition) is 3. The molecule has 1 N–H and O–H groups in total. The lowest BCUT2D eigenvalue weighted by Gasteiger charge is -2.11. The Bertz CT molecular complexity index is 318. The Morgan fingerprint density at radius 3 is 3.06 bits per heavy atom. The van der Waals surface area contributed by atoms with E-state index in [0.29, 0.717) is 12.8 Å². The van der Waals surface area contributed by atoms with Gasteiger partial charge in [0.1, 0.15) is 12.6 Å². The Morgan fingerprint density at radius 2 is 2.38 bits per heavy atom. The van der Waals surface area contributed by atoms with Crippen LogP contribution in [0.25, 0.3) is 0 Å². The van der Waals surface area contributed by atoms with E-state index in [2.05, 4.69) is 28.7 Å². The van der Waals surface area contributed by atoms with Crippen molar-refractivity contribution in [1.29, 1.82) is 0 Å². The third-order valence-electron chi connectivity index (χ3n) is 2.75. The maximum absolute atomic E-state index is 5.64. The van der Waals surface area contributed by atoms with Crippen molar-refractivity contribution in [3.8, 4) is 0 Å². The van der Waals surface area contributed by atoms with Crippen LogP contribution in [0.15, 0.2) is 12.4 Å². The van der Waals surface area contributed by atoms with E-state index in [9.17, 15) is 0 Å². The topological polar surface area (TPSA) is 39.1 Å². The first-order chi connectivity index (χ1) is 7.75. The second-order valence-electron chi connectivity index (χ2n) is 4.79. The Labute approximate surface area is 97.0 Å². The molecule has 0 spiro atoms. The highest BCUT2D eigenvalue weighted by Crippen LogP contribution is 2.28. The number of ether oxygens (including phenoxy) is 1. The van der Waals surface area contributed by atoms with Crippen molar-refractivity contribution in [2.75, 3.05) is 6.61 Å². The number of imidazole rings is 1. The summed E-state index contributed by atoms with van der Waals surface area (Å²) in [6, 6.07) is 0.484. The first-order valence-corrected chi connectivity index (χ1v) is 6.07. The minimum absolute atomic E-state index is 0.484. The molecule has 4 nitrogen and oxygen atoms in total. The normalized spacial score (nSPS) is 15.9. The lowest BCUT2D eigenvalue weighted by molar-refractivity contribution is 0.0669. The summed E-state index contributed by atoms with van der Waals surface area (Å²) in [5.74, 6) is 1.87. The third kappa shape index (κ3) is 3.61. The van der Waals surface area contributed by atoms with E-state index >= 15 is 0 Å². The predicted octanol–water partition coefficient (Wildman–Crippen LogP) is 1.77. The van der Waals surface area contributed by atoms with Gasteiger partial charge in [-0.05, 0) is 18.8 Å². The SMILES string of the molecule is CC(C)NCc1nccn1COCC1CC1. The Hall–Kier alpha value is -0.870. The van der Waals surface area contributed by atoms with Gasteiger partial charge >= 0.3 is 0 Å². The van der Waals surface area contributed by atoms with Crippen LogP contribution < -0.4 is 5.32 Å². The van der Waals surface area contributed by atoms with Crippen LogP contribution in [0.2, 0.25) is 0 Å². The maximum atomic E-state index is 5.64. The fourth-order valence-electron chi connectivity index (χ4n) is 1.52. The van der Waals surface area contributed by atoms with Crippen LogP contribution in [0.4, 0.5) is 0 Å². The van der Waals surface area contributed by atoms with Crippen molar-refractivity contribution in [2.45, 2.75) is 46.0 Å². The highest BCUT2D eigenvalue weighted by molar-refractivity contribution is 4.91. The molecule has 0 aliphatic heterocycles. The van der Waals surface area contributed by atoms with Gasteiger partial charge in [0.05, 0.1) is 13.2 Å². The predicted molar refractivity (Wildman–Crippen MR) is 62.9 cm³/mol. The quantitative estimate of drug-likeness (QED) is 0.765. The van der Waals surface area contributed by atoms with E-state index in [1.165, 1.54) is 12.8 Å². The van der Waals surface area contributed by atoms with Crippen LogP contribution in [0.5, 0.6) is 0 Å². The van der Waals surface area contributed by atoms with Crippen LogP contribution in [-0.4, -0.2) is 22.2 Å². The zero-order valence-corrected chi connectivity index (χ0v) is 10.1. The molecule has 16 heavy (non-hydrogen) atoms. The lowest BCUT2D eigenvalue weighted by atomic mass is 10.4. The van der Waals surface area contributed by atoms with Crippen LogP contribution in [0.3, 0.4) is 0 Å². The van der Waals surface area contributed by atoms with Gasteiger partial charge in [-0.15, -0.1) is 0 Å². The highest BCUT2D eigenvalue weighted by atomic mass is 16.5. The lowest BCUT2D eigenvalue weighted by Crippen LogP contribution is -2.24. The molecule has 90 valence electrons. The Morgan fingerprint density at radius 1 is 1.56 bits per heavy atom. The molecular formula is C12H21N3O. The van der Waals surface area contributed by atoms with E-state index in [0.717, 1.165) is 24.9 Å². The fraction of sp³-hybridized carbons (Fsp3) is 0.750. The van der Waals surface area contributed by atoms with E-state index < -0.39 is 0 Å². The molecule has 1 aromatic heterocycles. The van der Waals surface area contributed by atoms with Crippen LogP contribution in [0.1, 0.15) is 32.5 Å². The number of rotatable bonds is 7. The summed E-state index contributed by atoms with van der Waals surface area (Å²) in [4.78, 5) is 4.32. The summed E-state index contributed by atoms with van der Waals surface area (Å²) in [5.41, 5.74) is 0. The van der Waals surface area contributed by atoms with Crippen molar-refractivity contribution in [3.63, 3.8) is 0 Å². The summed E-state index contributed by atoms with van der Waals surface area (Å²) in [7, 11) is 0. The van der Waals surface area contributed by atoms with E-state index in [1.807, 2.05) is 12.4 Å². The first kappa shape index (κ1) is 11.6. The minimum Gasteiger partial charge on any atom is -0.360 e. The van der Waals surface area contributed by atoms with Crippen LogP contribution in [-0.2, 0) is 18.0 Å². The summed E-state index contributed by atoms with van der Waals surface area (Å²) in [5, 5.41) is 3.36. The van der Waals surface area contributed by atoms with Crippen molar-refractivity contribution >= 4 is 0 Å². The molecule has 4 heteroatoms. The summed E-state index contributed by atoms with van der Waals surface area (Å²) in [6.07, 6.45) is 6.49. The molecule has 0 unspecified atom stereocenters. The number of hydrogen-bond donors (Lipinski definition) is 1. The highest BCUT2D eigenvalue weighted by Gasteiger charge is 2.21. The molecule has 1 fully saturated rings. The zero-order valence-electron chi connectivity index (χ0n) is 10.1. The second kappa shape index (κ2) is 5.46. The molecule has 1 aliphatic rings. The van der Waals surface area contributed by atoms with Gasteiger partial charge in [-0.1, -0.05) is 13.8 Å². The molecule has 0 amide bonds. The van der Waals surface area contributed by atoms with Gasteiger partial charge in [0.15, 0.2) is 0 Å². The monoisotopic (exact) mass is 223 g/mol. The summed E-state index contributed by atoms with van der Waals surface area (Å²) >= 11 is 0. The second-order valence-corrected chi connectivity index (χ2v) is 4.79. The van der Waals surface area contributed by atoms with E-state index in [1.54, 1.807) is 0 Å². The largest absolute Gasteiger partial charge is 0.360 e. The van der Waals surface area contributed by atoms with Crippen LogP contribution in [0, 0.1) is 5.92 Å². The summed E-state index contributed by atoms with van der Waals surface area (Å²) < 4.78 is 7.71. The van der Waals surface area contributed by atoms with Gasteiger partial charge in [0.2, 0.25) is 0 Å². The molecule has 1 heterocycles. The average molecular weight is 223 g/mol. The molecule has 0 radical (unpaired) electrons. The summed E-state index contributed by atoms with van der Waals surface area (Å²) in [6.45, 7) is 6.60. The molecule has 0 bridgehead atoms. The molecular weight excluding hydrogens is 202 g/mol. The van der Waals surface area contributed by atoms with Crippen molar-refractivity contribution in [3.05, 3.63) is 18.2 Å². The first-order valence-electron chi connectivity index (χ1n) is 6.07. The number of nitrogens with zero attached hydrogens (tertiary/aromatic N) is 2.